The lowest BCUT2D eigenvalue weighted by atomic mass is 9.63. The number of carboxylic acid groups (broad SMARTS) is 1. The van der Waals surface area contributed by atoms with Gasteiger partial charge in [-0.05, 0) is 18.8 Å². The molecule has 0 amide bonds. The third-order valence-electron chi connectivity index (χ3n) is 2.27. The summed E-state index contributed by atoms with van der Waals surface area (Å²) >= 11 is 0. The van der Waals surface area contributed by atoms with E-state index in [1.54, 1.807) is 6.92 Å². The average molecular weight is 164 g/mol. The summed E-state index contributed by atoms with van der Waals surface area (Å²) in [6.07, 6.45) is -2.50. The topological polar surface area (TPSA) is 37.3 Å². The summed E-state index contributed by atoms with van der Waals surface area (Å²) in [5.41, 5.74) is -1.72. The van der Waals surface area contributed by atoms with Crippen LogP contribution >= 0.6 is 0 Å². The highest BCUT2D eigenvalue weighted by atomic mass is 19.3. The Balaban J connectivity index is 2.69. The third kappa shape index (κ3) is 1.10. The zero-order valence-corrected chi connectivity index (χ0v) is 6.18. The predicted molar refractivity (Wildman–Crippen MR) is 34.5 cm³/mol. The van der Waals surface area contributed by atoms with Crippen LogP contribution in [0.2, 0.25) is 0 Å². The Hall–Kier alpha value is -0.670. The quantitative estimate of drug-likeness (QED) is 0.675. The van der Waals surface area contributed by atoms with Crippen LogP contribution in [0, 0.1) is 11.3 Å². The fraction of sp³-hybridized carbons (Fsp3) is 0.857. The maximum absolute atomic E-state index is 12.2. The van der Waals surface area contributed by atoms with Crippen LogP contribution in [0.4, 0.5) is 8.78 Å². The Labute approximate surface area is 63.2 Å². The van der Waals surface area contributed by atoms with Gasteiger partial charge in [-0.1, -0.05) is 6.92 Å². The highest BCUT2D eigenvalue weighted by Crippen LogP contribution is 2.49. The van der Waals surface area contributed by atoms with E-state index in [0.29, 0.717) is 0 Å². The van der Waals surface area contributed by atoms with Crippen molar-refractivity contribution in [3.63, 3.8) is 0 Å². The summed E-state index contributed by atoms with van der Waals surface area (Å²) < 4.78 is 24.4. The van der Waals surface area contributed by atoms with Gasteiger partial charge in [0.05, 0.1) is 0 Å². The van der Waals surface area contributed by atoms with Crippen LogP contribution in [-0.2, 0) is 4.79 Å². The van der Waals surface area contributed by atoms with Crippen molar-refractivity contribution in [1.29, 1.82) is 0 Å². The number of aliphatic carboxylic acids is 1. The summed E-state index contributed by atoms with van der Waals surface area (Å²) in [6, 6.07) is 0. The smallest absolute Gasteiger partial charge is 0.315 e. The van der Waals surface area contributed by atoms with E-state index < -0.39 is 17.8 Å². The van der Waals surface area contributed by atoms with Gasteiger partial charge in [0.15, 0.2) is 0 Å². The molecule has 1 aliphatic carbocycles. The van der Waals surface area contributed by atoms with Gasteiger partial charge in [-0.25, -0.2) is 8.78 Å². The molecular formula is C7H10F2O2. The second kappa shape index (κ2) is 2.43. The Morgan fingerprint density at radius 2 is 2.09 bits per heavy atom. The van der Waals surface area contributed by atoms with Crippen LogP contribution in [0.1, 0.15) is 19.8 Å². The van der Waals surface area contributed by atoms with Crippen molar-refractivity contribution in [1.82, 2.24) is 0 Å². The van der Waals surface area contributed by atoms with Gasteiger partial charge in [-0.2, -0.15) is 0 Å². The molecular weight excluding hydrogens is 154 g/mol. The first-order valence-corrected chi connectivity index (χ1v) is 3.50. The lowest BCUT2D eigenvalue weighted by molar-refractivity contribution is -0.175. The number of hydrogen-bond donors (Lipinski definition) is 1. The summed E-state index contributed by atoms with van der Waals surface area (Å²) in [7, 11) is 0. The first-order valence-electron chi connectivity index (χ1n) is 3.50. The summed E-state index contributed by atoms with van der Waals surface area (Å²) in [5, 5.41) is 8.49. The van der Waals surface area contributed by atoms with Gasteiger partial charge in [-0.3, -0.25) is 4.79 Å². The van der Waals surface area contributed by atoms with E-state index >= 15 is 0 Å². The molecule has 0 bridgehead atoms. The molecule has 1 fully saturated rings. The van der Waals surface area contributed by atoms with Gasteiger partial charge in [-0.15, -0.1) is 0 Å². The zero-order chi connectivity index (χ0) is 8.65. The summed E-state index contributed by atoms with van der Waals surface area (Å²) in [6.45, 7) is 1.78. The molecule has 1 rings (SSSR count). The molecule has 4 heteroatoms. The lowest BCUT2D eigenvalue weighted by Crippen LogP contribution is -2.48. The molecule has 0 radical (unpaired) electrons. The Morgan fingerprint density at radius 1 is 1.64 bits per heavy atom. The van der Waals surface area contributed by atoms with Gasteiger partial charge in [0.1, 0.15) is 5.41 Å². The SMILES string of the molecule is CC1CC(C(=O)O)(C(F)F)C1. The molecule has 0 aromatic rings. The predicted octanol–water partition coefficient (Wildman–Crippen LogP) is 1.75. The molecule has 1 aliphatic rings. The molecule has 1 N–H and O–H groups in total. The maximum Gasteiger partial charge on any atom is 0.315 e. The van der Waals surface area contributed by atoms with Crippen molar-refractivity contribution < 1.29 is 18.7 Å². The third-order valence-corrected chi connectivity index (χ3v) is 2.27. The molecule has 64 valence electrons. The first-order chi connectivity index (χ1) is 4.99. The number of carboxylic acids is 1. The van der Waals surface area contributed by atoms with Gasteiger partial charge in [0.2, 0.25) is 0 Å². The highest BCUT2D eigenvalue weighted by Gasteiger charge is 2.55. The molecule has 11 heavy (non-hydrogen) atoms. The Bertz CT molecular complexity index is 173. The average Bonchev–Trinajstić information content (AvgIpc) is 1.78. The van der Waals surface area contributed by atoms with Crippen molar-refractivity contribution in [2.75, 3.05) is 0 Å². The van der Waals surface area contributed by atoms with E-state index in [-0.39, 0.29) is 18.8 Å². The van der Waals surface area contributed by atoms with Crippen LogP contribution in [0.25, 0.3) is 0 Å². The van der Waals surface area contributed by atoms with Gasteiger partial charge in [0.25, 0.3) is 6.43 Å². The Morgan fingerprint density at radius 3 is 2.18 bits per heavy atom. The lowest BCUT2D eigenvalue weighted by Gasteiger charge is -2.41. The highest BCUT2D eigenvalue weighted by molar-refractivity contribution is 5.76. The molecule has 0 aromatic carbocycles. The summed E-state index contributed by atoms with van der Waals surface area (Å²) in [5.74, 6) is -1.23. The standard InChI is InChI=1S/C7H10F2O2/c1-4-2-7(3-4,5(8)9)6(10)11/h4-5H,2-3H2,1H3,(H,10,11). The van der Waals surface area contributed by atoms with Gasteiger partial charge in [0, 0.05) is 0 Å². The van der Waals surface area contributed by atoms with Crippen molar-refractivity contribution >= 4 is 5.97 Å². The van der Waals surface area contributed by atoms with E-state index in [2.05, 4.69) is 0 Å². The van der Waals surface area contributed by atoms with Crippen molar-refractivity contribution in [2.24, 2.45) is 11.3 Å². The van der Waals surface area contributed by atoms with E-state index in [1.165, 1.54) is 0 Å². The molecule has 0 atom stereocenters. The van der Waals surface area contributed by atoms with Crippen LogP contribution < -0.4 is 0 Å². The molecule has 0 spiro atoms. The number of halogens is 2. The van der Waals surface area contributed by atoms with Crippen LogP contribution in [0.3, 0.4) is 0 Å². The van der Waals surface area contributed by atoms with Crippen LogP contribution in [0.5, 0.6) is 0 Å². The van der Waals surface area contributed by atoms with Gasteiger partial charge < -0.3 is 5.11 Å². The Kier molecular flexibility index (Phi) is 1.86. The normalized spacial score (nSPS) is 36.9. The van der Waals surface area contributed by atoms with Gasteiger partial charge >= 0.3 is 5.97 Å². The molecule has 1 saturated carbocycles. The molecule has 0 saturated heterocycles. The minimum atomic E-state index is -2.73. The van der Waals surface area contributed by atoms with Crippen molar-refractivity contribution in [3.05, 3.63) is 0 Å². The molecule has 0 aliphatic heterocycles. The van der Waals surface area contributed by atoms with Crippen molar-refractivity contribution in [2.45, 2.75) is 26.2 Å². The molecule has 0 heterocycles. The first kappa shape index (κ1) is 8.43. The zero-order valence-electron chi connectivity index (χ0n) is 6.18. The van der Waals surface area contributed by atoms with E-state index in [4.69, 9.17) is 5.11 Å². The molecule has 0 aromatic heterocycles. The van der Waals surface area contributed by atoms with Crippen LogP contribution in [0.15, 0.2) is 0 Å². The molecule has 2 nitrogen and oxygen atoms in total. The summed E-state index contributed by atoms with van der Waals surface area (Å²) in [4.78, 5) is 10.4. The largest absolute Gasteiger partial charge is 0.481 e. The van der Waals surface area contributed by atoms with E-state index in [1.807, 2.05) is 0 Å². The fourth-order valence-electron chi connectivity index (χ4n) is 1.63. The number of rotatable bonds is 2. The second-order valence-electron chi connectivity index (χ2n) is 3.28. The minimum Gasteiger partial charge on any atom is -0.481 e. The minimum absolute atomic E-state index is 0.111. The van der Waals surface area contributed by atoms with E-state index in [9.17, 15) is 13.6 Å². The number of alkyl halides is 2. The fourth-order valence-corrected chi connectivity index (χ4v) is 1.63. The number of carbonyl (C=O) groups is 1. The molecule has 0 unspecified atom stereocenters. The van der Waals surface area contributed by atoms with E-state index in [0.717, 1.165) is 0 Å². The van der Waals surface area contributed by atoms with Crippen molar-refractivity contribution in [3.8, 4) is 0 Å². The number of hydrogen-bond acceptors (Lipinski definition) is 1. The maximum atomic E-state index is 12.2. The van der Waals surface area contributed by atoms with Crippen LogP contribution in [-0.4, -0.2) is 17.5 Å². The second-order valence-corrected chi connectivity index (χ2v) is 3.28. The monoisotopic (exact) mass is 164 g/mol.